The Morgan fingerprint density at radius 3 is 2.20 bits per heavy atom. The fourth-order valence-electron chi connectivity index (χ4n) is 2.71. The molecule has 0 heterocycles. The summed E-state index contributed by atoms with van der Waals surface area (Å²) in [4.78, 5) is 2.48. The maximum absolute atomic E-state index is 6.43. The van der Waals surface area contributed by atoms with Crippen molar-refractivity contribution < 1.29 is 0 Å². The molecule has 114 valence electrons. The van der Waals surface area contributed by atoms with E-state index in [1.54, 1.807) is 0 Å². The van der Waals surface area contributed by atoms with Crippen molar-refractivity contribution in [3.8, 4) is 0 Å². The number of aryl methyl sites for hydroxylation is 1. The summed E-state index contributed by atoms with van der Waals surface area (Å²) in [6.07, 6.45) is 4.34. The van der Waals surface area contributed by atoms with Gasteiger partial charge in [-0.15, -0.1) is 0 Å². The third kappa shape index (κ3) is 4.51. The van der Waals surface area contributed by atoms with E-state index in [9.17, 15) is 0 Å². The third-order valence-corrected chi connectivity index (χ3v) is 4.86. The second-order valence-corrected chi connectivity index (χ2v) is 6.52. The average molecular weight is 295 g/mol. The van der Waals surface area contributed by atoms with Gasteiger partial charge in [-0.2, -0.15) is 11.8 Å². The lowest BCUT2D eigenvalue weighted by Gasteiger charge is -2.38. The maximum Gasteiger partial charge on any atom is 0.0499 e. The van der Waals surface area contributed by atoms with Gasteiger partial charge in [-0.05, 0) is 38.6 Å². The highest BCUT2D eigenvalue weighted by Crippen LogP contribution is 2.27. The lowest BCUT2D eigenvalue weighted by molar-refractivity contribution is 0.157. The maximum atomic E-state index is 6.43. The normalized spacial score (nSPS) is 16.1. The van der Waals surface area contributed by atoms with Crippen molar-refractivity contribution in [1.29, 1.82) is 0 Å². The number of hydrogen-bond donors (Lipinski definition) is 1. The van der Waals surface area contributed by atoms with Gasteiger partial charge in [-0.25, -0.2) is 0 Å². The van der Waals surface area contributed by atoms with Gasteiger partial charge < -0.3 is 5.73 Å². The number of hydrogen-bond acceptors (Lipinski definition) is 3. The first-order valence-electron chi connectivity index (χ1n) is 7.58. The van der Waals surface area contributed by atoms with E-state index < -0.39 is 0 Å². The average Bonchev–Trinajstić information content (AvgIpc) is 2.46. The van der Waals surface area contributed by atoms with Crippen LogP contribution < -0.4 is 5.73 Å². The van der Waals surface area contributed by atoms with E-state index in [-0.39, 0.29) is 6.04 Å². The van der Waals surface area contributed by atoms with Crippen molar-refractivity contribution in [2.45, 2.75) is 51.7 Å². The van der Waals surface area contributed by atoms with Crippen molar-refractivity contribution in [1.82, 2.24) is 4.90 Å². The van der Waals surface area contributed by atoms with Gasteiger partial charge in [0.05, 0.1) is 0 Å². The second kappa shape index (κ2) is 8.71. The molecular formula is C17H30N2S. The van der Waals surface area contributed by atoms with Crippen LogP contribution in [-0.4, -0.2) is 36.0 Å². The van der Waals surface area contributed by atoms with Crippen LogP contribution in [0.1, 0.15) is 43.9 Å². The molecule has 0 amide bonds. The van der Waals surface area contributed by atoms with E-state index in [1.165, 1.54) is 11.1 Å². The Balaban J connectivity index is 3.02. The summed E-state index contributed by atoms with van der Waals surface area (Å²) < 4.78 is 0. The molecule has 0 bridgehead atoms. The summed E-state index contributed by atoms with van der Waals surface area (Å²) >= 11 is 1.91. The van der Waals surface area contributed by atoms with E-state index in [0.717, 1.165) is 18.6 Å². The van der Waals surface area contributed by atoms with Gasteiger partial charge in [0.15, 0.2) is 0 Å². The SMILES string of the molecule is CCC(N)C(c1ccc(C)cc1)N(C)C(CC)CSC. The summed E-state index contributed by atoms with van der Waals surface area (Å²) in [5, 5.41) is 0. The molecule has 3 atom stereocenters. The van der Waals surface area contributed by atoms with E-state index in [1.807, 2.05) is 11.8 Å². The quantitative estimate of drug-likeness (QED) is 0.789. The molecule has 1 aromatic carbocycles. The highest BCUT2D eigenvalue weighted by Gasteiger charge is 2.27. The smallest absolute Gasteiger partial charge is 0.0499 e. The topological polar surface area (TPSA) is 29.3 Å². The lowest BCUT2D eigenvalue weighted by atomic mass is 9.94. The summed E-state index contributed by atoms with van der Waals surface area (Å²) in [5.41, 5.74) is 9.07. The van der Waals surface area contributed by atoms with Gasteiger partial charge in [0, 0.05) is 23.9 Å². The molecule has 0 saturated heterocycles. The summed E-state index contributed by atoms with van der Waals surface area (Å²) in [5.74, 6) is 1.16. The second-order valence-electron chi connectivity index (χ2n) is 5.61. The Morgan fingerprint density at radius 2 is 1.75 bits per heavy atom. The summed E-state index contributed by atoms with van der Waals surface area (Å²) in [6, 6.07) is 9.91. The van der Waals surface area contributed by atoms with Crippen molar-refractivity contribution >= 4 is 11.8 Å². The molecule has 20 heavy (non-hydrogen) atoms. The summed E-state index contributed by atoms with van der Waals surface area (Å²) in [6.45, 7) is 6.57. The minimum atomic E-state index is 0.179. The van der Waals surface area contributed by atoms with Crippen molar-refractivity contribution in [3.63, 3.8) is 0 Å². The molecule has 3 unspecified atom stereocenters. The zero-order valence-electron chi connectivity index (χ0n) is 13.6. The Bertz CT molecular complexity index is 377. The predicted octanol–water partition coefficient (Wildman–Crippen LogP) is 3.85. The minimum Gasteiger partial charge on any atom is -0.326 e. The molecule has 1 aromatic rings. The van der Waals surface area contributed by atoms with Gasteiger partial charge in [-0.1, -0.05) is 43.7 Å². The van der Waals surface area contributed by atoms with E-state index in [2.05, 4.69) is 63.2 Å². The van der Waals surface area contributed by atoms with Crippen LogP contribution in [0.3, 0.4) is 0 Å². The standard InChI is InChI=1S/C17H30N2S/c1-6-15(12-20-5)19(4)17(16(18)7-2)14-10-8-13(3)9-11-14/h8-11,15-17H,6-7,12,18H2,1-5H3. The Kier molecular flexibility index (Phi) is 7.63. The molecule has 2 N–H and O–H groups in total. The number of benzene rings is 1. The fourth-order valence-corrected chi connectivity index (χ4v) is 3.57. The molecule has 0 fully saturated rings. The van der Waals surface area contributed by atoms with Crippen molar-refractivity contribution in [3.05, 3.63) is 35.4 Å². The molecular weight excluding hydrogens is 264 g/mol. The fraction of sp³-hybridized carbons (Fsp3) is 0.647. The molecule has 0 aromatic heterocycles. The zero-order valence-corrected chi connectivity index (χ0v) is 14.4. The molecule has 0 aliphatic heterocycles. The number of thioether (sulfide) groups is 1. The molecule has 1 rings (SSSR count). The highest BCUT2D eigenvalue weighted by molar-refractivity contribution is 7.98. The van der Waals surface area contributed by atoms with Gasteiger partial charge in [0.25, 0.3) is 0 Å². The van der Waals surface area contributed by atoms with Gasteiger partial charge in [-0.3, -0.25) is 4.90 Å². The van der Waals surface area contributed by atoms with Gasteiger partial charge >= 0.3 is 0 Å². The molecule has 0 saturated carbocycles. The van der Waals surface area contributed by atoms with Crippen molar-refractivity contribution in [2.24, 2.45) is 5.73 Å². The van der Waals surface area contributed by atoms with Crippen LogP contribution >= 0.6 is 11.8 Å². The predicted molar refractivity (Wildman–Crippen MR) is 92.4 cm³/mol. The first-order chi connectivity index (χ1) is 9.54. The Morgan fingerprint density at radius 1 is 1.15 bits per heavy atom. The molecule has 0 spiro atoms. The van der Waals surface area contributed by atoms with Crippen LogP contribution in [0, 0.1) is 6.92 Å². The number of nitrogens with two attached hydrogens (primary N) is 1. The molecule has 0 aliphatic carbocycles. The van der Waals surface area contributed by atoms with Crippen LogP contribution in [0.5, 0.6) is 0 Å². The van der Waals surface area contributed by atoms with Crippen molar-refractivity contribution in [2.75, 3.05) is 19.1 Å². The first kappa shape index (κ1) is 17.5. The van der Waals surface area contributed by atoms with Gasteiger partial charge in [0.2, 0.25) is 0 Å². The molecule has 2 nitrogen and oxygen atoms in total. The third-order valence-electron chi connectivity index (χ3n) is 4.14. The highest BCUT2D eigenvalue weighted by atomic mass is 32.2. The lowest BCUT2D eigenvalue weighted by Crippen LogP contribution is -2.44. The first-order valence-corrected chi connectivity index (χ1v) is 8.97. The Labute approximate surface area is 129 Å². The molecule has 0 radical (unpaired) electrons. The van der Waals surface area contributed by atoms with Gasteiger partial charge in [0.1, 0.15) is 0 Å². The molecule has 3 heteroatoms. The van der Waals surface area contributed by atoms with Crippen LogP contribution in [0.15, 0.2) is 24.3 Å². The largest absolute Gasteiger partial charge is 0.326 e. The summed E-state index contributed by atoms with van der Waals surface area (Å²) in [7, 11) is 2.23. The monoisotopic (exact) mass is 294 g/mol. The number of likely N-dealkylation sites (N-methyl/N-ethyl adjacent to an activating group) is 1. The van der Waals surface area contributed by atoms with Crippen LogP contribution in [0.2, 0.25) is 0 Å². The number of rotatable bonds is 8. The van der Waals surface area contributed by atoms with E-state index >= 15 is 0 Å². The molecule has 0 aliphatic rings. The number of nitrogens with zero attached hydrogens (tertiary/aromatic N) is 1. The van der Waals surface area contributed by atoms with Crippen LogP contribution in [-0.2, 0) is 0 Å². The zero-order chi connectivity index (χ0) is 15.1. The Hall–Kier alpha value is -0.510. The minimum absolute atomic E-state index is 0.179. The van der Waals surface area contributed by atoms with Crippen LogP contribution in [0.25, 0.3) is 0 Å². The van der Waals surface area contributed by atoms with Crippen LogP contribution in [0.4, 0.5) is 0 Å². The van der Waals surface area contributed by atoms with E-state index in [4.69, 9.17) is 5.73 Å². The van der Waals surface area contributed by atoms with E-state index in [0.29, 0.717) is 12.1 Å².